The second-order valence-corrected chi connectivity index (χ2v) is 7.82. The molecule has 1 aliphatic rings. The Morgan fingerprint density at radius 3 is 2.59 bits per heavy atom. The van der Waals surface area contributed by atoms with E-state index in [4.69, 9.17) is 9.47 Å². The van der Waals surface area contributed by atoms with E-state index in [1.165, 1.54) is 49.0 Å². The van der Waals surface area contributed by atoms with E-state index in [1.54, 1.807) is 42.6 Å². The molecule has 1 amide bonds. The van der Waals surface area contributed by atoms with Gasteiger partial charge in [0.1, 0.15) is 22.0 Å². The van der Waals surface area contributed by atoms with E-state index in [0.717, 1.165) is 0 Å². The summed E-state index contributed by atoms with van der Waals surface area (Å²) in [6, 6.07) is 15.8. The van der Waals surface area contributed by atoms with Crippen LogP contribution in [0.3, 0.4) is 0 Å². The Bertz CT molecular complexity index is 1200. The van der Waals surface area contributed by atoms with Gasteiger partial charge >= 0.3 is 5.97 Å². The highest BCUT2D eigenvalue weighted by molar-refractivity contribution is 8.14. The molecule has 2 aromatic carbocycles. The zero-order valence-corrected chi connectivity index (χ0v) is 18.0. The number of nitrogens with zero attached hydrogens (tertiary/aromatic N) is 3. The summed E-state index contributed by atoms with van der Waals surface area (Å²) < 4.78 is 23.9. The van der Waals surface area contributed by atoms with Crippen LogP contribution in [0.2, 0.25) is 0 Å². The first-order valence-electron chi connectivity index (χ1n) is 9.58. The third-order valence-electron chi connectivity index (χ3n) is 4.55. The number of rotatable bonds is 5. The van der Waals surface area contributed by atoms with Crippen molar-refractivity contribution in [3.63, 3.8) is 0 Å². The first kappa shape index (κ1) is 21.5. The lowest BCUT2D eigenvalue weighted by molar-refractivity contribution is -0.131. The highest BCUT2D eigenvalue weighted by atomic mass is 32.2. The maximum atomic E-state index is 13.4. The molecular weight excluding hydrogens is 433 g/mol. The molecule has 0 saturated heterocycles. The Hall–Kier alpha value is -3.72. The summed E-state index contributed by atoms with van der Waals surface area (Å²) >= 11 is 1.33. The molecule has 1 atom stereocenters. The molecule has 0 N–H and O–H groups in total. The van der Waals surface area contributed by atoms with Crippen LogP contribution in [0.25, 0.3) is 0 Å². The van der Waals surface area contributed by atoms with Crippen molar-refractivity contribution in [1.29, 1.82) is 0 Å². The van der Waals surface area contributed by atoms with Crippen molar-refractivity contribution in [3.8, 4) is 11.6 Å². The molecule has 0 saturated carbocycles. The minimum atomic E-state index is -0.566. The lowest BCUT2D eigenvalue weighted by Gasteiger charge is -2.22. The molecule has 2 heterocycles. The fourth-order valence-electron chi connectivity index (χ4n) is 3.15. The summed E-state index contributed by atoms with van der Waals surface area (Å²) in [4.78, 5) is 29.0. The van der Waals surface area contributed by atoms with Crippen LogP contribution in [0.15, 0.2) is 72.0 Å². The second-order valence-electron chi connectivity index (χ2n) is 6.76. The highest BCUT2D eigenvalue weighted by Gasteiger charge is 2.36. The molecule has 0 fully saturated rings. The number of carbonyl (C=O) groups excluding carboxylic acids is 2. The van der Waals surface area contributed by atoms with Crippen molar-refractivity contribution >= 4 is 28.7 Å². The Balaban J connectivity index is 1.74. The van der Waals surface area contributed by atoms with E-state index < -0.39 is 17.3 Å². The van der Waals surface area contributed by atoms with Crippen LogP contribution in [-0.4, -0.2) is 34.0 Å². The van der Waals surface area contributed by atoms with Crippen LogP contribution >= 0.6 is 11.8 Å². The standard InChI is InChI=1S/C23H18FN3O4S/c1-14(28)31-18-6-3-5-16(13-18)22(29)27-23(19-7-4-12-25-20(19)30-2)32-21(26-27)15-8-10-17(24)11-9-15/h3-13,23H,1-2H3. The number of thioether (sulfide) groups is 1. The summed E-state index contributed by atoms with van der Waals surface area (Å²) in [6.07, 6.45) is 1.60. The Morgan fingerprint density at radius 2 is 1.88 bits per heavy atom. The third-order valence-corrected chi connectivity index (χ3v) is 5.76. The van der Waals surface area contributed by atoms with Crippen molar-refractivity contribution in [2.24, 2.45) is 5.10 Å². The molecule has 32 heavy (non-hydrogen) atoms. The van der Waals surface area contributed by atoms with Crippen molar-refractivity contribution in [2.45, 2.75) is 12.3 Å². The molecule has 1 aliphatic heterocycles. The van der Waals surface area contributed by atoms with Gasteiger partial charge in [-0.2, -0.15) is 5.10 Å². The van der Waals surface area contributed by atoms with E-state index in [0.29, 0.717) is 27.6 Å². The van der Waals surface area contributed by atoms with Crippen LogP contribution in [0.5, 0.6) is 11.6 Å². The molecular formula is C23H18FN3O4S. The summed E-state index contributed by atoms with van der Waals surface area (Å²) in [5.74, 6) is -0.626. The number of amides is 1. The number of aromatic nitrogens is 1. The lowest BCUT2D eigenvalue weighted by atomic mass is 10.2. The molecule has 1 aromatic heterocycles. The van der Waals surface area contributed by atoms with Gasteiger partial charge < -0.3 is 9.47 Å². The van der Waals surface area contributed by atoms with Crippen molar-refractivity contribution < 1.29 is 23.5 Å². The van der Waals surface area contributed by atoms with Crippen LogP contribution < -0.4 is 9.47 Å². The van der Waals surface area contributed by atoms with Crippen molar-refractivity contribution in [1.82, 2.24) is 9.99 Å². The first-order chi connectivity index (χ1) is 15.5. The number of ether oxygens (including phenoxy) is 2. The minimum Gasteiger partial charge on any atom is -0.481 e. The monoisotopic (exact) mass is 451 g/mol. The highest BCUT2D eigenvalue weighted by Crippen LogP contribution is 2.44. The summed E-state index contributed by atoms with van der Waals surface area (Å²) in [5.41, 5.74) is 1.62. The summed E-state index contributed by atoms with van der Waals surface area (Å²) in [7, 11) is 1.50. The SMILES string of the molecule is COc1ncccc1C1SC(c2ccc(F)cc2)=NN1C(=O)c1cccc(OC(C)=O)c1. The number of pyridine rings is 1. The van der Waals surface area contributed by atoms with E-state index >= 15 is 0 Å². The van der Waals surface area contributed by atoms with E-state index in [-0.39, 0.29) is 11.6 Å². The van der Waals surface area contributed by atoms with Gasteiger partial charge in [0, 0.05) is 29.8 Å². The van der Waals surface area contributed by atoms with Gasteiger partial charge in [0.2, 0.25) is 5.88 Å². The number of benzene rings is 2. The lowest BCUT2D eigenvalue weighted by Crippen LogP contribution is -2.26. The van der Waals surface area contributed by atoms with Crippen LogP contribution in [0, 0.1) is 5.82 Å². The normalized spacial score (nSPS) is 15.3. The largest absolute Gasteiger partial charge is 0.481 e. The summed E-state index contributed by atoms with van der Waals surface area (Å²) in [5, 5.41) is 5.85. The van der Waals surface area contributed by atoms with Crippen LogP contribution in [0.4, 0.5) is 4.39 Å². The first-order valence-corrected chi connectivity index (χ1v) is 10.5. The number of methoxy groups -OCH3 is 1. The van der Waals surface area contributed by atoms with Gasteiger partial charge in [-0.1, -0.05) is 17.8 Å². The number of carbonyl (C=O) groups is 2. The average molecular weight is 451 g/mol. The molecule has 0 bridgehead atoms. The molecule has 1 unspecified atom stereocenters. The van der Waals surface area contributed by atoms with Gasteiger partial charge in [0.05, 0.1) is 7.11 Å². The molecule has 162 valence electrons. The van der Waals surface area contributed by atoms with Gasteiger partial charge in [-0.25, -0.2) is 14.4 Å². The summed E-state index contributed by atoms with van der Waals surface area (Å²) in [6.45, 7) is 1.29. The molecule has 0 aliphatic carbocycles. The molecule has 0 spiro atoms. The number of hydrogen-bond acceptors (Lipinski definition) is 7. The van der Waals surface area contributed by atoms with Gasteiger partial charge in [0.25, 0.3) is 5.91 Å². The van der Waals surface area contributed by atoms with E-state index in [1.807, 2.05) is 6.07 Å². The quantitative estimate of drug-likeness (QED) is 0.422. The molecule has 0 radical (unpaired) electrons. The fourth-order valence-corrected chi connectivity index (χ4v) is 4.32. The number of esters is 1. The zero-order valence-electron chi connectivity index (χ0n) is 17.2. The van der Waals surface area contributed by atoms with Crippen LogP contribution in [0.1, 0.15) is 33.8 Å². The topological polar surface area (TPSA) is 81.1 Å². The second kappa shape index (κ2) is 9.19. The van der Waals surface area contributed by atoms with Crippen molar-refractivity contribution in [2.75, 3.05) is 7.11 Å². The fraction of sp³-hybridized carbons (Fsp3) is 0.130. The maximum Gasteiger partial charge on any atom is 0.308 e. The van der Waals surface area contributed by atoms with Gasteiger partial charge in [0.15, 0.2) is 0 Å². The third kappa shape index (κ3) is 4.47. The molecule has 3 aromatic rings. The molecule has 9 heteroatoms. The number of hydrazone groups is 1. The smallest absolute Gasteiger partial charge is 0.308 e. The van der Waals surface area contributed by atoms with Gasteiger partial charge in [-0.15, -0.1) is 0 Å². The number of hydrogen-bond donors (Lipinski definition) is 0. The van der Waals surface area contributed by atoms with Gasteiger partial charge in [-0.3, -0.25) is 9.59 Å². The molecule has 4 rings (SSSR count). The number of halogens is 1. The van der Waals surface area contributed by atoms with E-state index in [2.05, 4.69) is 10.1 Å². The Labute approximate surface area is 187 Å². The van der Waals surface area contributed by atoms with Gasteiger partial charge in [-0.05, 0) is 54.6 Å². The van der Waals surface area contributed by atoms with Crippen LogP contribution in [-0.2, 0) is 4.79 Å². The van der Waals surface area contributed by atoms with Crippen molar-refractivity contribution in [3.05, 3.63) is 89.4 Å². The minimum absolute atomic E-state index is 0.258. The maximum absolute atomic E-state index is 13.4. The van der Waals surface area contributed by atoms with E-state index in [9.17, 15) is 14.0 Å². The Kier molecular flexibility index (Phi) is 6.18. The average Bonchev–Trinajstić information content (AvgIpc) is 3.24. The predicted octanol–water partition coefficient (Wildman–Crippen LogP) is 4.40. The zero-order chi connectivity index (χ0) is 22.7. The molecule has 7 nitrogen and oxygen atoms in total. The predicted molar refractivity (Wildman–Crippen MR) is 118 cm³/mol. The Morgan fingerprint density at radius 1 is 1.09 bits per heavy atom.